The lowest BCUT2D eigenvalue weighted by Gasteiger charge is -2.09. The zero-order valence-electron chi connectivity index (χ0n) is 14.1. The van der Waals surface area contributed by atoms with Gasteiger partial charge in [0, 0.05) is 10.6 Å². The van der Waals surface area contributed by atoms with Crippen LogP contribution in [0.25, 0.3) is 0 Å². The van der Waals surface area contributed by atoms with Gasteiger partial charge in [-0.2, -0.15) is 18.3 Å². The maximum atomic E-state index is 13.2. The van der Waals surface area contributed by atoms with Gasteiger partial charge in [0.2, 0.25) is 0 Å². The molecule has 3 aromatic rings. The molecule has 1 aromatic heterocycles. The Balaban J connectivity index is 1.90. The van der Waals surface area contributed by atoms with E-state index in [9.17, 15) is 18.4 Å². The highest BCUT2D eigenvalue weighted by Crippen LogP contribution is 2.29. The number of benzene rings is 2. The Labute approximate surface area is 158 Å². The van der Waals surface area contributed by atoms with Crippen LogP contribution >= 0.6 is 11.8 Å². The quantitative estimate of drug-likeness (QED) is 0.281. The van der Waals surface area contributed by atoms with E-state index in [1.807, 2.05) is 36.4 Å². The number of alkyl halides is 3. The number of hydrogen-bond acceptors (Lipinski definition) is 4. The monoisotopic (exact) mass is 391 g/mol. The molecule has 0 spiro atoms. The fourth-order valence-electron chi connectivity index (χ4n) is 2.49. The van der Waals surface area contributed by atoms with Crippen LogP contribution in [0.2, 0.25) is 0 Å². The van der Waals surface area contributed by atoms with Crippen molar-refractivity contribution in [2.24, 2.45) is 5.16 Å². The third-order valence-corrected chi connectivity index (χ3v) is 4.80. The van der Waals surface area contributed by atoms with Crippen molar-refractivity contribution in [1.82, 2.24) is 9.78 Å². The van der Waals surface area contributed by atoms with Crippen LogP contribution in [0.1, 0.15) is 17.0 Å². The molecule has 8 heteroatoms. The predicted molar refractivity (Wildman–Crippen MR) is 98.3 cm³/mol. The van der Waals surface area contributed by atoms with Crippen molar-refractivity contribution in [3.8, 4) is 0 Å². The predicted octanol–water partition coefficient (Wildman–Crippen LogP) is 4.92. The van der Waals surface area contributed by atoms with E-state index >= 15 is 0 Å². The summed E-state index contributed by atoms with van der Waals surface area (Å²) in [5, 5.41) is 16.3. The molecule has 140 valence electrons. The molecule has 0 aliphatic heterocycles. The van der Waals surface area contributed by atoms with Crippen LogP contribution in [0, 0.1) is 0 Å². The minimum Gasteiger partial charge on any atom is -0.411 e. The fraction of sp³-hybridized carbons (Fsp3) is 0.158. The van der Waals surface area contributed by atoms with Gasteiger partial charge in [-0.25, -0.2) is 0 Å². The highest BCUT2D eigenvalue weighted by atomic mass is 32.2. The van der Waals surface area contributed by atoms with E-state index in [4.69, 9.17) is 0 Å². The molecule has 1 heterocycles. The van der Waals surface area contributed by atoms with Crippen molar-refractivity contribution in [1.29, 1.82) is 0 Å². The van der Waals surface area contributed by atoms with Crippen LogP contribution < -0.4 is 0 Å². The van der Waals surface area contributed by atoms with Crippen molar-refractivity contribution in [3.63, 3.8) is 0 Å². The molecule has 0 amide bonds. The SMILES string of the molecule is O/N=C(/CSc1ccccc1)c1cc(C(F)(F)F)nn1Cc1ccccc1. The molecule has 4 nitrogen and oxygen atoms in total. The number of nitrogens with zero attached hydrogens (tertiary/aromatic N) is 3. The van der Waals surface area contributed by atoms with E-state index in [2.05, 4.69) is 10.3 Å². The second-order valence-electron chi connectivity index (χ2n) is 5.70. The normalized spacial score (nSPS) is 12.3. The number of hydrogen-bond donors (Lipinski definition) is 1. The van der Waals surface area contributed by atoms with E-state index in [1.165, 1.54) is 16.4 Å². The molecule has 0 atom stereocenters. The number of oxime groups is 1. The van der Waals surface area contributed by atoms with Crippen LogP contribution in [0.15, 0.2) is 76.8 Å². The molecule has 0 bridgehead atoms. The Morgan fingerprint density at radius 3 is 2.26 bits per heavy atom. The zero-order valence-corrected chi connectivity index (χ0v) is 14.9. The zero-order chi connectivity index (χ0) is 19.3. The highest BCUT2D eigenvalue weighted by molar-refractivity contribution is 8.00. The molecular weight excluding hydrogens is 375 g/mol. The third-order valence-electron chi connectivity index (χ3n) is 3.78. The van der Waals surface area contributed by atoms with Gasteiger partial charge < -0.3 is 5.21 Å². The first-order chi connectivity index (χ1) is 13.0. The summed E-state index contributed by atoms with van der Waals surface area (Å²) in [6, 6.07) is 19.3. The summed E-state index contributed by atoms with van der Waals surface area (Å²) in [7, 11) is 0. The minimum absolute atomic E-state index is 0.128. The third kappa shape index (κ3) is 4.91. The van der Waals surface area contributed by atoms with Gasteiger partial charge in [-0.15, -0.1) is 11.8 Å². The number of rotatable bonds is 6. The maximum Gasteiger partial charge on any atom is 0.435 e. The van der Waals surface area contributed by atoms with Gasteiger partial charge in [0.25, 0.3) is 0 Å². The standard InChI is InChI=1S/C19H16F3N3OS/c20-19(21,22)18-11-17(25(23-18)12-14-7-3-1-4-8-14)16(24-26)13-27-15-9-5-2-6-10-15/h1-11,26H,12-13H2/b24-16-. The van der Waals surface area contributed by atoms with Gasteiger partial charge in [-0.3, -0.25) is 4.68 Å². The molecule has 1 N–H and O–H groups in total. The van der Waals surface area contributed by atoms with Gasteiger partial charge in [-0.1, -0.05) is 53.7 Å². The lowest BCUT2D eigenvalue weighted by Crippen LogP contribution is -2.14. The first kappa shape index (κ1) is 19.0. The summed E-state index contributed by atoms with van der Waals surface area (Å²) in [5.74, 6) is 0.207. The van der Waals surface area contributed by atoms with Crippen LogP contribution in [0.3, 0.4) is 0 Å². The maximum absolute atomic E-state index is 13.2. The van der Waals surface area contributed by atoms with Gasteiger partial charge in [0.1, 0.15) is 5.71 Å². The lowest BCUT2D eigenvalue weighted by atomic mass is 10.2. The Morgan fingerprint density at radius 2 is 1.67 bits per heavy atom. The summed E-state index contributed by atoms with van der Waals surface area (Å²) in [4.78, 5) is 0.920. The molecule has 3 rings (SSSR count). The molecule has 0 unspecified atom stereocenters. The Morgan fingerprint density at radius 1 is 1.04 bits per heavy atom. The average Bonchev–Trinajstić information content (AvgIpc) is 3.08. The van der Waals surface area contributed by atoms with Crippen molar-refractivity contribution in [3.05, 3.63) is 83.7 Å². The van der Waals surface area contributed by atoms with Crippen molar-refractivity contribution < 1.29 is 18.4 Å². The van der Waals surface area contributed by atoms with Crippen LogP contribution in [0.5, 0.6) is 0 Å². The first-order valence-electron chi connectivity index (χ1n) is 8.05. The van der Waals surface area contributed by atoms with E-state index in [0.717, 1.165) is 16.5 Å². The Bertz CT molecular complexity index is 909. The summed E-state index contributed by atoms with van der Waals surface area (Å²) < 4.78 is 40.7. The molecule has 0 aliphatic carbocycles. The molecule has 0 saturated carbocycles. The molecular formula is C19H16F3N3OS. The molecule has 0 fully saturated rings. The second kappa shape index (κ2) is 8.30. The largest absolute Gasteiger partial charge is 0.435 e. The van der Waals surface area contributed by atoms with Gasteiger partial charge in [0.15, 0.2) is 5.69 Å². The number of aromatic nitrogens is 2. The summed E-state index contributed by atoms with van der Waals surface area (Å²) in [6.45, 7) is 0.140. The first-order valence-corrected chi connectivity index (χ1v) is 9.04. The molecule has 0 aliphatic rings. The van der Waals surface area contributed by atoms with E-state index in [-0.39, 0.29) is 23.7 Å². The van der Waals surface area contributed by atoms with Crippen molar-refractivity contribution in [2.45, 2.75) is 17.6 Å². The van der Waals surface area contributed by atoms with Crippen LogP contribution in [-0.4, -0.2) is 26.5 Å². The Kier molecular flexibility index (Phi) is 5.85. The fourth-order valence-corrected chi connectivity index (χ4v) is 3.35. The summed E-state index contributed by atoms with van der Waals surface area (Å²) in [5.41, 5.74) is 0.0442. The Hall–Kier alpha value is -2.74. The minimum atomic E-state index is -4.58. The highest BCUT2D eigenvalue weighted by Gasteiger charge is 2.35. The molecule has 2 aromatic carbocycles. The topological polar surface area (TPSA) is 50.4 Å². The van der Waals surface area contributed by atoms with E-state index in [0.29, 0.717) is 0 Å². The van der Waals surface area contributed by atoms with Gasteiger partial charge in [0.05, 0.1) is 12.2 Å². The van der Waals surface area contributed by atoms with Gasteiger partial charge in [-0.05, 0) is 23.8 Å². The summed E-state index contributed by atoms with van der Waals surface area (Å²) >= 11 is 1.37. The smallest absolute Gasteiger partial charge is 0.411 e. The molecule has 0 saturated heterocycles. The van der Waals surface area contributed by atoms with Crippen LogP contribution in [-0.2, 0) is 12.7 Å². The number of halogens is 3. The molecule has 27 heavy (non-hydrogen) atoms. The van der Waals surface area contributed by atoms with E-state index < -0.39 is 11.9 Å². The van der Waals surface area contributed by atoms with Crippen molar-refractivity contribution in [2.75, 3.05) is 5.75 Å². The number of thioether (sulfide) groups is 1. The van der Waals surface area contributed by atoms with E-state index in [1.54, 1.807) is 24.3 Å². The van der Waals surface area contributed by atoms with Crippen molar-refractivity contribution >= 4 is 17.5 Å². The van der Waals surface area contributed by atoms with Crippen LogP contribution in [0.4, 0.5) is 13.2 Å². The molecule has 0 radical (unpaired) electrons. The average molecular weight is 391 g/mol. The lowest BCUT2D eigenvalue weighted by molar-refractivity contribution is -0.141. The van der Waals surface area contributed by atoms with Gasteiger partial charge >= 0.3 is 6.18 Å². The summed E-state index contributed by atoms with van der Waals surface area (Å²) in [6.07, 6.45) is -4.58. The second-order valence-corrected chi connectivity index (χ2v) is 6.75.